The zero-order chi connectivity index (χ0) is 12.8. The van der Waals surface area contributed by atoms with E-state index in [1.807, 2.05) is 48.1 Å². The Labute approximate surface area is 107 Å². The number of imidazole rings is 1. The maximum atomic E-state index is 11.7. The summed E-state index contributed by atoms with van der Waals surface area (Å²) in [4.78, 5) is 15.9. The van der Waals surface area contributed by atoms with Gasteiger partial charge in [0.2, 0.25) is 5.91 Å². The molecule has 0 radical (unpaired) electrons. The van der Waals surface area contributed by atoms with E-state index in [1.165, 1.54) is 0 Å². The molecular formula is C14H17N3O. The second kappa shape index (κ2) is 6.00. The van der Waals surface area contributed by atoms with Crippen LogP contribution in [0.4, 0.5) is 0 Å². The number of carbonyl (C=O) groups excluding carboxylic acids is 1. The summed E-state index contributed by atoms with van der Waals surface area (Å²) in [6.45, 7) is 0.622. The molecule has 1 aromatic carbocycles. The number of amides is 1. The molecular weight excluding hydrogens is 226 g/mol. The topological polar surface area (TPSA) is 46.9 Å². The Morgan fingerprint density at radius 2 is 2.11 bits per heavy atom. The summed E-state index contributed by atoms with van der Waals surface area (Å²) in [6.07, 6.45) is 4.85. The number of hydrogen-bond donors (Lipinski definition) is 1. The summed E-state index contributed by atoms with van der Waals surface area (Å²) in [5.41, 5.74) is 1.03. The fourth-order valence-corrected chi connectivity index (χ4v) is 1.79. The minimum absolute atomic E-state index is 0.0513. The Morgan fingerprint density at radius 1 is 1.33 bits per heavy atom. The van der Waals surface area contributed by atoms with Crippen molar-refractivity contribution in [1.82, 2.24) is 14.9 Å². The first kappa shape index (κ1) is 12.4. The van der Waals surface area contributed by atoms with Gasteiger partial charge < -0.3 is 9.88 Å². The van der Waals surface area contributed by atoms with Crippen LogP contribution in [0.3, 0.4) is 0 Å². The molecule has 4 nitrogen and oxygen atoms in total. The average molecular weight is 243 g/mol. The molecule has 1 N–H and O–H groups in total. The van der Waals surface area contributed by atoms with Crippen molar-refractivity contribution in [3.05, 3.63) is 54.1 Å². The molecule has 0 spiro atoms. The van der Waals surface area contributed by atoms with Crippen molar-refractivity contribution in [2.24, 2.45) is 7.05 Å². The quantitative estimate of drug-likeness (QED) is 0.861. The van der Waals surface area contributed by atoms with Crippen molar-refractivity contribution in [3.63, 3.8) is 0 Å². The standard InChI is InChI=1S/C14H17N3O/c1-17-10-9-15-13(17)7-8-16-14(18)11-12-5-3-2-4-6-12/h2-6,9-10H,7-8,11H2,1H3,(H,16,18). The first-order valence-electron chi connectivity index (χ1n) is 6.02. The van der Waals surface area contributed by atoms with Crippen molar-refractivity contribution in [3.8, 4) is 0 Å². The van der Waals surface area contributed by atoms with Gasteiger partial charge in [-0.15, -0.1) is 0 Å². The molecule has 2 aromatic rings. The summed E-state index contributed by atoms with van der Waals surface area (Å²) in [5.74, 6) is 1.03. The Kier molecular flexibility index (Phi) is 4.12. The second-order valence-electron chi connectivity index (χ2n) is 4.22. The highest BCUT2D eigenvalue weighted by molar-refractivity contribution is 5.78. The maximum absolute atomic E-state index is 11.7. The minimum Gasteiger partial charge on any atom is -0.355 e. The molecule has 0 fully saturated rings. The average Bonchev–Trinajstić information content (AvgIpc) is 2.76. The molecule has 1 heterocycles. The van der Waals surface area contributed by atoms with E-state index in [2.05, 4.69) is 10.3 Å². The summed E-state index contributed by atoms with van der Waals surface area (Å²) >= 11 is 0. The Hall–Kier alpha value is -2.10. The maximum Gasteiger partial charge on any atom is 0.224 e. The Bertz CT molecular complexity index is 505. The Balaban J connectivity index is 1.74. The first-order valence-corrected chi connectivity index (χ1v) is 6.02. The van der Waals surface area contributed by atoms with Crippen LogP contribution < -0.4 is 5.32 Å². The van der Waals surface area contributed by atoms with Crippen LogP contribution in [0.25, 0.3) is 0 Å². The van der Waals surface area contributed by atoms with E-state index in [-0.39, 0.29) is 5.91 Å². The predicted molar refractivity (Wildman–Crippen MR) is 70.1 cm³/mol. The highest BCUT2D eigenvalue weighted by atomic mass is 16.1. The van der Waals surface area contributed by atoms with Crippen molar-refractivity contribution < 1.29 is 4.79 Å². The van der Waals surface area contributed by atoms with E-state index in [0.29, 0.717) is 13.0 Å². The second-order valence-corrected chi connectivity index (χ2v) is 4.22. The van der Waals surface area contributed by atoms with E-state index < -0.39 is 0 Å². The van der Waals surface area contributed by atoms with Crippen LogP contribution in [0, 0.1) is 0 Å². The highest BCUT2D eigenvalue weighted by Gasteiger charge is 2.03. The van der Waals surface area contributed by atoms with Gasteiger partial charge in [-0.05, 0) is 5.56 Å². The Morgan fingerprint density at radius 3 is 2.78 bits per heavy atom. The van der Waals surface area contributed by atoms with Gasteiger partial charge in [0.05, 0.1) is 6.42 Å². The zero-order valence-corrected chi connectivity index (χ0v) is 10.5. The largest absolute Gasteiger partial charge is 0.355 e. The molecule has 0 aliphatic carbocycles. The monoisotopic (exact) mass is 243 g/mol. The van der Waals surface area contributed by atoms with Crippen molar-refractivity contribution in [1.29, 1.82) is 0 Å². The van der Waals surface area contributed by atoms with Crippen LogP contribution in [0.2, 0.25) is 0 Å². The molecule has 0 bridgehead atoms. The normalized spacial score (nSPS) is 10.3. The molecule has 0 aliphatic heterocycles. The zero-order valence-electron chi connectivity index (χ0n) is 10.5. The third kappa shape index (κ3) is 3.45. The van der Waals surface area contributed by atoms with Gasteiger partial charge in [0, 0.05) is 32.4 Å². The SMILES string of the molecule is Cn1ccnc1CCNC(=O)Cc1ccccc1. The number of carbonyl (C=O) groups is 1. The van der Waals surface area contributed by atoms with E-state index in [4.69, 9.17) is 0 Å². The van der Waals surface area contributed by atoms with Crippen LogP contribution in [0.15, 0.2) is 42.7 Å². The van der Waals surface area contributed by atoms with Gasteiger partial charge in [0.25, 0.3) is 0 Å². The summed E-state index contributed by atoms with van der Waals surface area (Å²) < 4.78 is 1.96. The van der Waals surface area contributed by atoms with Gasteiger partial charge in [0.1, 0.15) is 5.82 Å². The smallest absolute Gasteiger partial charge is 0.224 e. The van der Waals surface area contributed by atoms with Crippen LogP contribution in [-0.4, -0.2) is 22.0 Å². The van der Waals surface area contributed by atoms with Crippen molar-refractivity contribution in [2.75, 3.05) is 6.54 Å². The molecule has 2 rings (SSSR count). The third-order valence-corrected chi connectivity index (χ3v) is 2.80. The molecule has 0 saturated carbocycles. The van der Waals surface area contributed by atoms with Crippen LogP contribution in [0.5, 0.6) is 0 Å². The molecule has 0 saturated heterocycles. The lowest BCUT2D eigenvalue weighted by Crippen LogP contribution is -2.27. The number of nitrogens with one attached hydrogen (secondary N) is 1. The fourth-order valence-electron chi connectivity index (χ4n) is 1.79. The predicted octanol–water partition coefficient (Wildman–Crippen LogP) is 1.32. The van der Waals surface area contributed by atoms with Gasteiger partial charge in [-0.3, -0.25) is 4.79 Å². The number of aromatic nitrogens is 2. The van der Waals surface area contributed by atoms with E-state index in [9.17, 15) is 4.79 Å². The number of benzene rings is 1. The van der Waals surface area contributed by atoms with Crippen molar-refractivity contribution in [2.45, 2.75) is 12.8 Å². The van der Waals surface area contributed by atoms with Gasteiger partial charge in [-0.2, -0.15) is 0 Å². The van der Waals surface area contributed by atoms with E-state index >= 15 is 0 Å². The molecule has 0 aliphatic rings. The lowest BCUT2D eigenvalue weighted by Gasteiger charge is -2.05. The highest BCUT2D eigenvalue weighted by Crippen LogP contribution is 1.99. The molecule has 0 atom stereocenters. The van der Waals surface area contributed by atoms with Crippen LogP contribution >= 0.6 is 0 Å². The van der Waals surface area contributed by atoms with Gasteiger partial charge in [0.15, 0.2) is 0 Å². The number of rotatable bonds is 5. The molecule has 0 unspecified atom stereocenters. The number of nitrogens with zero attached hydrogens (tertiary/aromatic N) is 2. The first-order chi connectivity index (χ1) is 8.75. The number of hydrogen-bond acceptors (Lipinski definition) is 2. The number of aryl methyl sites for hydroxylation is 1. The lowest BCUT2D eigenvalue weighted by atomic mass is 10.1. The molecule has 94 valence electrons. The molecule has 1 aromatic heterocycles. The lowest BCUT2D eigenvalue weighted by molar-refractivity contribution is -0.120. The van der Waals surface area contributed by atoms with Gasteiger partial charge in [-0.25, -0.2) is 4.98 Å². The fraction of sp³-hybridized carbons (Fsp3) is 0.286. The summed E-state index contributed by atoms with van der Waals surface area (Å²) in [5, 5.41) is 2.90. The summed E-state index contributed by atoms with van der Waals surface area (Å²) in [6, 6.07) is 9.74. The van der Waals surface area contributed by atoms with E-state index in [1.54, 1.807) is 6.20 Å². The molecule has 4 heteroatoms. The van der Waals surface area contributed by atoms with E-state index in [0.717, 1.165) is 17.8 Å². The minimum atomic E-state index is 0.0513. The van der Waals surface area contributed by atoms with Gasteiger partial charge >= 0.3 is 0 Å². The van der Waals surface area contributed by atoms with Crippen LogP contribution in [-0.2, 0) is 24.7 Å². The molecule has 18 heavy (non-hydrogen) atoms. The molecule has 1 amide bonds. The summed E-state index contributed by atoms with van der Waals surface area (Å²) in [7, 11) is 1.95. The van der Waals surface area contributed by atoms with Gasteiger partial charge in [-0.1, -0.05) is 30.3 Å². The van der Waals surface area contributed by atoms with Crippen LogP contribution in [0.1, 0.15) is 11.4 Å². The third-order valence-electron chi connectivity index (χ3n) is 2.80. The van der Waals surface area contributed by atoms with Crippen molar-refractivity contribution >= 4 is 5.91 Å².